The first-order valence-electron chi connectivity index (χ1n) is 12.3. The summed E-state index contributed by atoms with van der Waals surface area (Å²) < 4.78 is 28.8. The predicted molar refractivity (Wildman–Crippen MR) is 135 cm³/mol. The van der Waals surface area contributed by atoms with E-state index in [4.69, 9.17) is 0 Å². The number of benzene rings is 1. The Morgan fingerprint density at radius 2 is 1.41 bits per heavy atom. The normalized spacial score (nSPS) is 15.3. The van der Waals surface area contributed by atoms with Gasteiger partial charge in [-0.2, -0.15) is 0 Å². The van der Waals surface area contributed by atoms with Crippen LogP contribution < -0.4 is 4.72 Å². The molecule has 1 aliphatic heterocycles. The third-order valence-corrected chi connectivity index (χ3v) is 8.98. The second-order valence-corrected chi connectivity index (χ2v) is 10.9. The molecule has 0 spiro atoms. The lowest BCUT2D eigenvalue weighted by molar-refractivity contribution is -0.132. The fourth-order valence-corrected chi connectivity index (χ4v) is 6.26. The van der Waals surface area contributed by atoms with E-state index in [1.165, 1.54) is 0 Å². The number of carbonyl (C=O) groups excluding carboxylic acids is 2. The van der Waals surface area contributed by atoms with Gasteiger partial charge >= 0.3 is 0 Å². The van der Waals surface area contributed by atoms with Gasteiger partial charge in [0.25, 0.3) is 0 Å². The standard InChI is InChI=1S/C25H42N4O4S/c1-8-28(9-2)24(31)17-27-13-10-14-29(16-15-27)23(30)11-12-26-34(32,33)25-21(6)19(4)18(3)20(5)22(25)7/h26H,8-17H2,1-7H3. The van der Waals surface area contributed by atoms with Crippen LogP contribution in [0.4, 0.5) is 0 Å². The fraction of sp³-hybridized carbons (Fsp3) is 0.680. The van der Waals surface area contributed by atoms with E-state index >= 15 is 0 Å². The van der Waals surface area contributed by atoms with Gasteiger partial charge in [-0.1, -0.05) is 0 Å². The summed E-state index contributed by atoms with van der Waals surface area (Å²) in [5.74, 6) is 0.0516. The van der Waals surface area contributed by atoms with Crippen molar-refractivity contribution < 1.29 is 18.0 Å². The molecule has 0 saturated carbocycles. The van der Waals surface area contributed by atoms with Crippen LogP contribution in [0, 0.1) is 34.6 Å². The number of sulfonamides is 1. The van der Waals surface area contributed by atoms with Gasteiger partial charge in [0.05, 0.1) is 11.4 Å². The molecule has 0 bridgehead atoms. The molecule has 34 heavy (non-hydrogen) atoms. The van der Waals surface area contributed by atoms with Crippen LogP contribution in [0.5, 0.6) is 0 Å². The van der Waals surface area contributed by atoms with Gasteiger partial charge in [-0.3, -0.25) is 14.5 Å². The topological polar surface area (TPSA) is 90.0 Å². The Bertz CT molecular complexity index is 974. The molecule has 2 rings (SSSR count). The molecule has 1 saturated heterocycles. The maximum Gasteiger partial charge on any atom is 0.241 e. The summed E-state index contributed by atoms with van der Waals surface area (Å²) in [6, 6.07) is 0. The second kappa shape index (κ2) is 12.1. The molecule has 0 aliphatic carbocycles. The maximum absolute atomic E-state index is 13.1. The molecule has 1 N–H and O–H groups in total. The van der Waals surface area contributed by atoms with Gasteiger partial charge in [0.15, 0.2) is 0 Å². The van der Waals surface area contributed by atoms with E-state index in [2.05, 4.69) is 9.62 Å². The quantitative estimate of drug-likeness (QED) is 0.569. The van der Waals surface area contributed by atoms with Crippen molar-refractivity contribution in [2.24, 2.45) is 0 Å². The highest BCUT2D eigenvalue weighted by Crippen LogP contribution is 2.29. The largest absolute Gasteiger partial charge is 0.342 e. The smallest absolute Gasteiger partial charge is 0.241 e. The summed E-state index contributed by atoms with van der Waals surface area (Å²) in [4.78, 5) is 31.2. The average Bonchev–Trinajstić information content (AvgIpc) is 3.02. The van der Waals surface area contributed by atoms with Crippen LogP contribution in [0.1, 0.15) is 54.5 Å². The van der Waals surface area contributed by atoms with Gasteiger partial charge in [-0.05, 0) is 82.7 Å². The molecule has 1 aliphatic rings. The molecule has 192 valence electrons. The van der Waals surface area contributed by atoms with Gasteiger partial charge in [-0.25, -0.2) is 13.1 Å². The summed E-state index contributed by atoms with van der Waals surface area (Å²) in [5.41, 5.74) is 4.58. The number of rotatable bonds is 9. The summed E-state index contributed by atoms with van der Waals surface area (Å²) in [5, 5.41) is 0. The van der Waals surface area contributed by atoms with Crippen molar-refractivity contribution in [1.82, 2.24) is 19.4 Å². The highest BCUT2D eigenvalue weighted by Gasteiger charge is 2.25. The van der Waals surface area contributed by atoms with Gasteiger partial charge < -0.3 is 9.80 Å². The van der Waals surface area contributed by atoms with Crippen molar-refractivity contribution in [1.29, 1.82) is 0 Å². The Morgan fingerprint density at radius 1 is 0.853 bits per heavy atom. The van der Waals surface area contributed by atoms with Crippen LogP contribution in [0.2, 0.25) is 0 Å². The van der Waals surface area contributed by atoms with Crippen LogP contribution in [-0.2, 0) is 19.6 Å². The minimum absolute atomic E-state index is 0.0622. The van der Waals surface area contributed by atoms with Crippen LogP contribution >= 0.6 is 0 Å². The van der Waals surface area contributed by atoms with Crippen molar-refractivity contribution in [3.05, 3.63) is 27.8 Å². The lowest BCUT2D eigenvalue weighted by Crippen LogP contribution is -2.42. The summed E-state index contributed by atoms with van der Waals surface area (Å²) in [6.07, 6.45) is 0.906. The van der Waals surface area contributed by atoms with Crippen LogP contribution in [-0.4, -0.2) is 87.3 Å². The van der Waals surface area contributed by atoms with Gasteiger partial charge in [-0.15, -0.1) is 0 Å². The van der Waals surface area contributed by atoms with Crippen LogP contribution in [0.15, 0.2) is 4.90 Å². The van der Waals surface area contributed by atoms with Crippen molar-refractivity contribution in [2.45, 2.75) is 66.2 Å². The Labute approximate surface area is 205 Å². The molecule has 9 heteroatoms. The molecule has 1 aromatic carbocycles. The molecule has 0 unspecified atom stereocenters. The minimum Gasteiger partial charge on any atom is -0.342 e. The first-order chi connectivity index (χ1) is 15.9. The summed E-state index contributed by atoms with van der Waals surface area (Å²) in [7, 11) is -3.72. The zero-order valence-corrected chi connectivity index (χ0v) is 22.8. The van der Waals surface area contributed by atoms with Crippen LogP contribution in [0.25, 0.3) is 0 Å². The Hall–Kier alpha value is -1.97. The monoisotopic (exact) mass is 494 g/mol. The molecule has 8 nitrogen and oxygen atoms in total. The van der Waals surface area contributed by atoms with Crippen molar-refractivity contribution in [3.8, 4) is 0 Å². The lowest BCUT2D eigenvalue weighted by atomic mass is 9.95. The fourth-order valence-electron chi connectivity index (χ4n) is 4.64. The molecule has 0 aromatic heterocycles. The van der Waals surface area contributed by atoms with Gasteiger partial charge in [0.1, 0.15) is 0 Å². The number of hydrogen-bond donors (Lipinski definition) is 1. The zero-order chi connectivity index (χ0) is 25.6. The van der Waals surface area contributed by atoms with E-state index < -0.39 is 10.0 Å². The van der Waals surface area contributed by atoms with Gasteiger partial charge in [0, 0.05) is 52.2 Å². The highest BCUT2D eigenvalue weighted by atomic mass is 32.2. The SMILES string of the molecule is CCN(CC)C(=O)CN1CCCN(C(=O)CCNS(=O)(=O)c2c(C)c(C)c(C)c(C)c2C)CC1. The number of nitrogens with one attached hydrogen (secondary N) is 1. The first kappa shape index (κ1) is 28.3. The number of carbonyl (C=O) groups is 2. The van der Waals surface area contributed by atoms with Crippen molar-refractivity contribution in [3.63, 3.8) is 0 Å². The van der Waals surface area contributed by atoms with E-state index in [1.54, 1.807) is 4.90 Å². The van der Waals surface area contributed by atoms with E-state index in [1.807, 2.05) is 53.4 Å². The number of nitrogens with zero attached hydrogens (tertiary/aromatic N) is 3. The van der Waals surface area contributed by atoms with Crippen molar-refractivity contribution >= 4 is 21.8 Å². The van der Waals surface area contributed by atoms with Crippen molar-refractivity contribution in [2.75, 3.05) is 52.4 Å². The van der Waals surface area contributed by atoms with E-state index in [9.17, 15) is 18.0 Å². The summed E-state index contributed by atoms with van der Waals surface area (Å²) in [6.45, 7) is 17.9. The molecule has 0 radical (unpaired) electrons. The number of likely N-dealkylation sites (N-methyl/N-ethyl adjacent to an activating group) is 1. The molecular formula is C25H42N4O4S. The third-order valence-electron chi connectivity index (χ3n) is 7.25. The Morgan fingerprint density at radius 3 is 1.97 bits per heavy atom. The van der Waals surface area contributed by atoms with E-state index in [0.717, 1.165) is 40.8 Å². The molecule has 1 fully saturated rings. The highest BCUT2D eigenvalue weighted by molar-refractivity contribution is 7.89. The van der Waals surface area contributed by atoms with Crippen LogP contribution in [0.3, 0.4) is 0 Å². The zero-order valence-electron chi connectivity index (χ0n) is 22.0. The minimum atomic E-state index is -3.72. The first-order valence-corrected chi connectivity index (χ1v) is 13.8. The molecule has 1 aromatic rings. The molecular weight excluding hydrogens is 452 g/mol. The van der Waals surface area contributed by atoms with Gasteiger partial charge in [0.2, 0.25) is 21.8 Å². The Balaban J connectivity index is 1.94. The molecule has 1 heterocycles. The third kappa shape index (κ3) is 6.58. The van der Waals surface area contributed by atoms with E-state index in [0.29, 0.717) is 44.2 Å². The molecule has 2 amide bonds. The lowest BCUT2D eigenvalue weighted by Gasteiger charge is -2.25. The maximum atomic E-state index is 13.1. The number of hydrogen-bond acceptors (Lipinski definition) is 5. The summed E-state index contributed by atoms with van der Waals surface area (Å²) >= 11 is 0. The van der Waals surface area contributed by atoms with E-state index in [-0.39, 0.29) is 24.8 Å². The predicted octanol–water partition coefficient (Wildman–Crippen LogP) is 2.30. The Kier molecular flexibility index (Phi) is 10.1. The second-order valence-electron chi connectivity index (χ2n) is 9.18. The average molecular weight is 495 g/mol. The number of amides is 2. The molecule has 0 atom stereocenters.